The van der Waals surface area contributed by atoms with E-state index in [-0.39, 0.29) is 29.9 Å². The van der Waals surface area contributed by atoms with E-state index in [0.717, 1.165) is 38.0 Å². The van der Waals surface area contributed by atoms with Crippen LogP contribution in [-0.2, 0) is 22.6 Å². The number of benzene rings is 1. The fourth-order valence-electron chi connectivity index (χ4n) is 4.70. The highest BCUT2D eigenvalue weighted by molar-refractivity contribution is 5.92. The van der Waals surface area contributed by atoms with Gasteiger partial charge in [0.1, 0.15) is 0 Å². The summed E-state index contributed by atoms with van der Waals surface area (Å²) in [4.78, 5) is 29.4. The number of morpholine rings is 1. The van der Waals surface area contributed by atoms with Gasteiger partial charge in [0.25, 0.3) is 5.91 Å². The highest BCUT2D eigenvalue weighted by Gasteiger charge is 2.29. The molecule has 0 bridgehead atoms. The number of carbonyl (C=O) groups is 2. The van der Waals surface area contributed by atoms with Crippen LogP contribution in [0.25, 0.3) is 0 Å². The SMILES string of the molecule is CC1CN(Cc2ccc(CNC(=O)C3CCCN(C(=O)c4ccco4)C3)cc2)CC(C)O1. The van der Waals surface area contributed by atoms with Crippen molar-refractivity contribution >= 4 is 11.8 Å². The highest BCUT2D eigenvalue weighted by atomic mass is 16.5. The van der Waals surface area contributed by atoms with Crippen LogP contribution in [0.1, 0.15) is 48.4 Å². The van der Waals surface area contributed by atoms with Crippen molar-refractivity contribution in [3.05, 3.63) is 59.5 Å². The summed E-state index contributed by atoms with van der Waals surface area (Å²) >= 11 is 0. The van der Waals surface area contributed by atoms with Gasteiger partial charge in [0.15, 0.2) is 5.76 Å². The smallest absolute Gasteiger partial charge is 0.289 e. The third-order valence-electron chi connectivity index (χ3n) is 6.20. The normalized spacial score (nSPS) is 24.3. The first-order chi connectivity index (χ1) is 15.5. The van der Waals surface area contributed by atoms with E-state index in [1.807, 2.05) is 0 Å². The number of amides is 2. The van der Waals surface area contributed by atoms with E-state index in [4.69, 9.17) is 9.15 Å². The second kappa shape index (κ2) is 10.3. The molecule has 2 aliphatic heterocycles. The molecule has 7 heteroatoms. The minimum atomic E-state index is -0.188. The number of likely N-dealkylation sites (tertiary alicyclic amines) is 1. The Morgan fingerprint density at radius 3 is 2.44 bits per heavy atom. The Morgan fingerprint density at radius 2 is 1.75 bits per heavy atom. The molecule has 2 aromatic rings. The Morgan fingerprint density at radius 1 is 1.03 bits per heavy atom. The van der Waals surface area contributed by atoms with E-state index in [1.54, 1.807) is 17.0 Å². The van der Waals surface area contributed by atoms with Gasteiger partial charge in [-0.15, -0.1) is 0 Å². The summed E-state index contributed by atoms with van der Waals surface area (Å²) < 4.78 is 11.0. The van der Waals surface area contributed by atoms with Gasteiger partial charge in [-0.25, -0.2) is 0 Å². The molecule has 3 heterocycles. The van der Waals surface area contributed by atoms with Gasteiger partial charge in [-0.3, -0.25) is 14.5 Å². The van der Waals surface area contributed by atoms with Gasteiger partial charge in [-0.1, -0.05) is 24.3 Å². The fourth-order valence-corrected chi connectivity index (χ4v) is 4.70. The first-order valence-electron chi connectivity index (χ1n) is 11.5. The van der Waals surface area contributed by atoms with E-state index in [1.165, 1.54) is 11.8 Å². The lowest BCUT2D eigenvalue weighted by atomic mass is 9.96. The van der Waals surface area contributed by atoms with E-state index >= 15 is 0 Å². The molecule has 2 amide bonds. The van der Waals surface area contributed by atoms with Gasteiger partial charge < -0.3 is 19.4 Å². The highest BCUT2D eigenvalue weighted by Crippen LogP contribution is 2.20. The maximum Gasteiger partial charge on any atom is 0.289 e. The molecular formula is C25H33N3O4. The van der Waals surface area contributed by atoms with Crippen LogP contribution in [0.4, 0.5) is 0 Å². The van der Waals surface area contributed by atoms with E-state index < -0.39 is 0 Å². The van der Waals surface area contributed by atoms with Crippen LogP contribution in [0.3, 0.4) is 0 Å². The average Bonchev–Trinajstić information content (AvgIpc) is 3.32. The molecule has 0 spiro atoms. The van der Waals surface area contributed by atoms with Crippen LogP contribution in [0.5, 0.6) is 0 Å². The van der Waals surface area contributed by atoms with Crippen LogP contribution in [-0.4, -0.2) is 60.0 Å². The van der Waals surface area contributed by atoms with Crippen molar-refractivity contribution in [3.63, 3.8) is 0 Å². The van der Waals surface area contributed by atoms with Crippen LogP contribution in [0.15, 0.2) is 47.1 Å². The van der Waals surface area contributed by atoms with Crippen LogP contribution >= 0.6 is 0 Å². The lowest BCUT2D eigenvalue weighted by Gasteiger charge is -2.35. The number of rotatable bonds is 6. The Kier molecular flexibility index (Phi) is 7.27. The molecule has 1 N–H and O–H groups in total. The van der Waals surface area contributed by atoms with Gasteiger partial charge >= 0.3 is 0 Å². The van der Waals surface area contributed by atoms with Gasteiger partial charge in [-0.2, -0.15) is 0 Å². The molecule has 3 atom stereocenters. The lowest BCUT2D eigenvalue weighted by Crippen LogP contribution is -2.45. The molecule has 0 saturated carbocycles. The zero-order chi connectivity index (χ0) is 22.5. The number of piperidine rings is 1. The second-order valence-electron chi connectivity index (χ2n) is 9.05. The largest absolute Gasteiger partial charge is 0.459 e. The van der Waals surface area contributed by atoms with Crippen molar-refractivity contribution in [1.29, 1.82) is 0 Å². The summed E-state index contributed by atoms with van der Waals surface area (Å²) in [5.74, 6) is -0.00571. The molecule has 4 rings (SSSR count). The molecule has 1 aromatic heterocycles. The van der Waals surface area contributed by atoms with Gasteiger partial charge in [0.05, 0.1) is 24.4 Å². The predicted octanol–water partition coefficient (Wildman–Crippen LogP) is 3.06. The summed E-state index contributed by atoms with van der Waals surface area (Å²) in [6.07, 6.45) is 3.63. The van der Waals surface area contributed by atoms with Crippen molar-refractivity contribution in [1.82, 2.24) is 15.1 Å². The predicted molar refractivity (Wildman–Crippen MR) is 121 cm³/mol. The van der Waals surface area contributed by atoms with E-state index in [0.29, 0.717) is 25.4 Å². The molecule has 32 heavy (non-hydrogen) atoms. The number of ether oxygens (including phenoxy) is 1. The summed E-state index contributed by atoms with van der Waals surface area (Å²) in [6, 6.07) is 11.8. The average molecular weight is 440 g/mol. The fraction of sp³-hybridized carbons (Fsp3) is 0.520. The lowest BCUT2D eigenvalue weighted by molar-refractivity contribution is -0.126. The van der Waals surface area contributed by atoms with Crippen LogP contribution < -0.4 is 5.32 Å². The topological polar surface area (TPSA) is 75.0 Å². The Balaban J connectivity index is 1.25. The molecule has 2 saturated heterocycles. The Labute approximate surface area is 189 Å². The van der Waals surface area contributed by atoms with Crippen molar-refractivity contribution < 1.29 is 18.7 Å². The monoisotopic (exact) mass is 439 g/mol. The van der Waals surface area contributed by atoms with Crippen molar-refractivity contribution in [2.75, 3.05) is 26.2 Å². The number of hydrogen-bond acceptors (Lipinski definition) is 5. The van der Waals surface area contributed by atoms with Gasteiger partial charge in [0, 0.05) is 39.3 Å². The summed E-state index contributed by atoms with van der Waals surface area (Å²) in [5, 5.41) is 3.05. The zero-order valence-corrected chi connectivity index (χ0v) is 19.0. The summed E-state index contributed by atoms with van der Waals surface area (Å²) in [5.41, 5.74) is 2.34. The quantitative estimate of drug-likeness (QED) is 0.749. The van der Waals surface area contributed by atoms with Crippen LogP contribution in [0, 0.1) is 5.92 Å². The van der Waals surface area contributed by atoms with Crippen molar-refractivity contribution in [2.45, 2.75) is 52.0 Å². The molecule has 1 aromatic carbocycles. The number of hydrogen-bond donors (Lipinski definition) is 1. The molecule has 172 valence electrons. The first-order valence-corrected chi connectivity index (χ1v) is 11.5. The summed E-state index contributed by atoms with van der Waals surface area (Å²) in [7, 11) is 0. The molecule has 2 fully saturated rings. The van der Waals surface area contributed by atoms with Gasteiger partial charge in [0.2, 0.25) is 5.91 Å². The number of nitrogens with zero attached hydrogens (tertiary/aromatic N) is 2. The van der Waals surface area contributed by atoms with Crippen molar-refractivity contribution in [2.24, 2.45) is 5.92 Å². The Bertz CT molecular complexity index is 886. The van der Waals surface area contributed by atoms with Gasteiger partial charge in [-0.05, 0) is 49.9 Å². The maximum atomic E-state index is 12.7. The summed E-state index contributed by atoms with van der Waals surface area (Å²) in [6.45, 7) is 8.62. The minimum Gasteiger partial charge on any atom is -0.459 e. The molecule has 3 unspecified atom stereocenters. The van der Waals surface area contributed by atoms with E-state index in [2.05, 4.69) is 48.3 Å². The zero-order valence-electron chi connectivity index (χ0n) is 19.0. The maximum absolute atomic E-state index is 12.7. The standard InChI is InChI=1S/C25H33N3O4/c1-18-14-27(15-19(2)32-18)16-21-9-7-20(8-10-21)13-26-24(29)22-5-3-11-28(17-22)25(30)23-6-4-12-31-23/h4,6-10,12,18-19,22H,3,5,11,13-17H2,1-2H3,(H,26,29). The number of nitrogens with one attached hydrogen (secondary N) is 1. The number of carbonyl (C=O) groups excluding carboxylic acids is 2. The molecule has 0 radical (unpaired) electrons. The molecule has 7 nitrogen and oxygen atoms in total. The third-order valence-corrected chi connectivity index (χ3v) is 6.20. The molecular weight excluding hydrogens is 406 g/mol. The minimum absolute atomic E-state index is 0.00214. The number of furan rings is 1. The first kappa shape index (κ1) is 22.6. The van der Waals surface area contributed by atoms with E-state index in [9.17, 15) is 9.59 Å². The molecule has 0 aliphatic carbocycles. The Hall–Kier alpha value is -2.64. The second-order valence-corrected chi connectivity index (χ2v) is 9.05. The van der Waals surface area contributed by atoms with Crippen molar-refractivity contribution in [3.8, 4) is 0 Å². The molecule has 2 aliphatic rings. The third kappa shape index (κ3) is 5.78. The van der Waals surface area contributed by atoms with Crippen LogP contribution in [0.2, 0.25) is 0 Å².